The molecule has 26 heavy (non-hydrogen) atoms. The first kappa shape index (κ1) is 18.3. The summed E-state index contributed by atoms with van der Waals surface area (Å²) >= 11 is 0. The van der Waals surface area contributed by atoms with E-state index in [4.69, 9.17) is 0 Å². The molecule has 1 saturated carbocycles. The molecule has 0 aromatic heterocycles. The molecule has 1 fully saturated rings. The number of allylic oxidation sites excluding steroid dienone is 1. The molecular weight excluding hydrogens is 323 g/mol. The summed E-state index contributed by atoms with van der Waals surface area (Å²) in [4.78, 5) is 0. The number of phenolic OH excluding ortho intramolecular Hbond substituents is 1. The summed E-state index contributed by atoms with van der Waals surface area (Å²) in [6, 6.07) is 12.5. The quantitative estimate of drug-likeness (QED) is 0.544. The van der Waals surface area contributed by atoms with Crippen LogP contribution in [-0.4, -0.2) is 5.11 Å². The fourth-order valence-electron chi connectivity index (χ4n) is 3.65. The van der Waals surface area contributed by atoms with Gasteiger partial charge in [-0.2, -0.15) is 0 Å². The van der Waals surface area contributed by atoms with E-state index in [-0.39, 0.29) is 5.75 Å². The van der Waals surface area contributed by atoms with E-state index in [0.29, 0.717) is 11.5 Å². The van der Waals surface area contributed by atoms with E-state index in [1.807, 2.05) is 12.1 Å². The van der Waals surface area contributed by atoms with Crippen LogP contribution in [0.1, 0.15) is 49.3 Å². The zero-order valence-electron chi connectivity index (χ0n) is 15.3. The van der Waals surface area contributed by atoms with Gasteiger partial charge >= 0.3 is 0 Å². The highest BCUT2D eigenvalue weighted by Crippen LogP contribution is 2.34. The highest BCUT2D eigenvalue weighted by molar-refractivity contribution is 5.45. The van der Waals surface area contributed by atoms with Crippen molar-refractivity contribution in [2.24, 2.45) is 11.8 Å². The minimum absolute atomic E-state index is 0.350. The van der Waals surface area contributed by atoms with Crippen molar-refractivity contribution in [2.75, 3.05) is 0 Å². The van der Waals surface area contributed by atoms with E-state index in [0.717, 1.165) is 17.9 Å². The molecule has 1 N–H and O–H groups in total. The Morgan fingerprint density at radius 3 is 2.27 bits per heavy atom. The molecule has 1 aliphatic carbocycles. The lowest BCUT2D eigenvalue weighted by atomic mass is 9.77. The van der Waals surface area contributed by atoms with Crippen LogP contribution in [0.5, 0.6) is 5.75 Å². The van der Waals surface area contributed by atoms with E-state index >= 15 is 0 Å². The van der Waals surface area contributed by atoms with Crippen LogP contribution in [0.25, 0.3) is 0 Å². The van der Waals surface area contributed by atoms with Gasteiger partial charge in [-0.25, -0.2) is 4.39 Å². The molecule has 0 bridgehead atoms. The second kappa shape index (κ2) is 8.23. The minimum atomic E-state index is -0.645. The number of phenols is 1. The van der Waals surface area contributed by atoms with Crippen LogP contribution in [-0.2, 0) is 6.42 Å². The molecule has 1 aliphatic rings. The second-order valence-corrected chi connectivity index (χ2v) is 7.38. The Bertz CT molecular complexity index is 831. The van der Waals surface area contributed by atoms with Gasteiger partial charge in [0.1, 0.15) is 0 Å². The summed E-state index contributed by atoms with van der Waals surface area (Å²) < 4.78 is 13.3. The molecule has 0 atom stereocenters. The van der Waals surface area contributed by atoms with Crippen molar-refractivity contribution >= 4 is 0 Å². The standard InChI is InChI=1S/C24H25FO/c1-17(2)22-12-9-20(10-13-22)15-19-6-3-18(4-7-19)5-8-21-11-14-24(26)23(25)16-21/h3-4,6-7,11,14,16,20,22,26H,1,9-10,12-13,15H2,2H3. The number of aromatic hydroxyl groups is 1. The molecule has 0 saturated heterocycles. The van der Waals surface area contributed by atoms with Crippen molar-refractivity contribution in [3.05, 3.63) is 77.1 Å². The van der Waals surface area contributed by atoms with Crippen LogP contribution in [0.15, 0.2) is 54.6 Å². The van der Waals surface area contributed by atoms with E-state index in [1.54, 1.807) is 6.07 Å². The van der Waals surface area contributed by atoms with E-state index in [2.05, 4.69) is 37.5 Å². The van der Waals surface area contributed by atoms with Gasteiger partial charge in [0, 0.05) is 11.1 Å². The molecule has 2 heteroatoms. The number of benzene rings is 2. The highest BCUT2D eigenvalue weighted by Gasteiger charge is 2.21. The van der Waals surface area contributed by atoms with Gasteiger partial charge in [0.2, 0.25) is 0 Å². The maximum absolute atomic E-state index is 13.3. The summed E-state index contributed by atoms with van der Waals surface area (Å²) in [7, 11) is 0. The van der Waals surface area contributed by atoms with Gasteiger partial charge in [-0.1, -0.05) is 36.1 Å². The summed E-state index contributed by atoms with van der Waals surface area (Å²) in [6.07, 6.45) is 6.23. The van der Waals surface area contributed by atoms with Gasteiger partial charge < -0.3 is 5.11 Å². The van der Waals surface area contributed by atoms with Gasteiger partial charge in [0.15, 0.2) is 11.6 Å². The Morgan fingerprint density at radius 2 is 1.65 bits per heavy atom. The molecule has 3 rings (SSSR count). The van der Waals surface area contributed by atoms with Crippen molar-refractivity contribution in [1.29, 1.82) is 0 Å². The fraction of sp³-hybridized carbons (Fsp3) is 0.333. The average molecular weight is 348 g/mol. The molecule has 2 aromatic rings. The third kappa shape index (κ3) is 4.76. The molecule has 0 unspecified atom stereocenters. The molecule has 0 spiro atoms. The van der Waals surface area contributed by atoms with Crippen LogP contribution in [0, 0.1) is 29.5 Å². The maximum Gasteiger partial charge on any atom is 0.166 e. The van der Waals surface area contributed by atoms with Gasteiger partial charge in [0.05, 0.1) is 0 Å². The van der Waals surface area contributed by atoms with Gasteiger partial charge in [-0.05, 0) is 86.8 Å². The Morgan fingerprint density at radius 1 is 1.04 bits per heavy atom. The smallest absolute Gasteiger partial charge is 0.166 e. The monoisotopic (exact) mass is 348 g/mol. The molecule has 0 aliphatic heterocycles. The lowest BCUT2D eigenvalue weighted by molar-refractivity contribution is 0.300. The van der Waals surface area contributed by atoms with Crippen molar-refractivity contribution < 1.29 is 9.50 Å². The zero-order chi connectivity index (χ0) is 18.5. The Kier molecular flexibility index (Phi) is 5.78. The lowest BCUT2D eigenvalue weighted by Crippen LogP contribution is -2.16. The molecule has 0 heterocycles. The second-order valence-electron chi connectivity index (χ2n) is 7.38. The third-order valence-corrected chi connectivity index (χ3v) is 5.32. The van der Waals surface area contributed by atoms with Crippen LogP contribution in [0.4, 0.5) is 4.39 Å². The lowest BCUT2D eigenvalue weighted by Gasteiger charge is -2.28. The fourth-order valence-corrected chi connectivity index (χ4v) is 3.65. The SMILES string of the molecule is C=C(C)C1CCC(Cc2ccc(C#Cc3ccc(O)c(F)c3)cc2)CC1. The highest BCUT2D eigenvalue weighted by atomic mass is 19.1. The Hall–Kier alpha value is -2.53. The molecule has 2 aromatic carbocycles. The number of halogens is 1. The predicted octanol–water partition coefficient (Wildman–Crippen LogP) is 5.86. The van der Waals surface area contributed by atoms with Gasteiger partial charge in [0.25, 0.3) is 0 Å². The molecule has 134 valence electrons. The topological polar surface area (TPSA) is 20.2 Å². The van der Waals surface area contributed by atoms with Crippen molar-refractivity contribution in [1.82, 2.24) is 0 Å². The maximum atomic E-state index is 13.3. The van der Waals surface area contributed by atoms with Crippen LogP contribution < -0.4 is 0 Å². The minimum Gasteiger partial charge on any atom is -0.505 e. The summed E-state index contributed by atoms with van der Waals surface area (Å²) in [5, 5.41) is 9.21. The molecular formula is C24H25FO. The summed E-state index contributed by atoms with van der Waals surface area (Å²) in [5.41, 5.74) is 4.15. The molecule has 0 amide bonds. The van der Waals surface area contributed by atoms with Crippen LogP contribution >= 0.6 is 0 Å². The first-order valence-corrected chi connectivity index (χ1v) is 9.26. The Labute approximate surface area is 155 Å². The predicted molar refractivity (Wildman–Crippen MR) is 104 cm³/mol. The van der Waals surface area contributed by atoms with Crippen molar-refractivity contribution in [3.8, 4) is 17.6 Å². The first-order valence-electron chi connectivity index (χ1n) is 9.26. The number of hydrogen-bond donors (Lipinski definition) is 1. The largest absolute Gasteiger partial charge is 0.505 e. The first-order chi connectivity index (χ1) is 12.5. The molecule has 0 radical (unpaired) electrons. The van der Waals surface area contributed by atoms with Gasteiger partial charge in [-0.15, -0.1) is 0 Å². The number of rotatable bonds is 3. The third-order valence-electron chi connectivity index (χ3n) is 5.32. The molecule has 1 nitrogen and oxygen atoms in total. The average Bonchev–Trinajstić information content (AvgIpc) is 2.64. The van der Waals surface area contributed by atoms with Gasteiger partial charge in [-0.3, -0.25) is 0 Å². The Balaban J connectivity index is 1.58. The summed E-state index contributed by atoms with van der Waals surface area (Å²) in [5.74, 6) is 6.47. The van der Waals surface area contributed by atoms with E-state index in [9.17, 15) is 9.50 Å². The zero-order valence-corrected chi connectivity index (χ0v) is 15.3. The normalized spacial score (nSPS) is 19.5. The summed E-state index contributed by atoms with van der Waals surface area (Å²) in [6.45, 7) is 6.25. The van der Waals surface area contributed by atoms with Crippen LogP contribution in [0.2, 0.25) is 0 Å². The van der Waals surface area contributed by atoms with E-state index < -0.39 is 5.82 Å². The number of hydrogen-bond acceptors (Lipinski definition) is 1. The van der Waals surface area contributed by atoms with Crippen molar-refractivity contribution in [2.45, 2.75) is 39.0 Å². The van der Waals surface area contributed by atoms with Crippen LogP contribution in [0.3, 0.4) is 0 Å². The van der Waals surface area contributed by atoms with Crippen molar-refractivity contribution in [3.63, 3.8) is 0 Å². The van der Waals surface area contributed by atoms with E-state index in [1.165, 1.54) is 49.0 Å².